The summed E-state index contributed by atoms with van der Waals surface area (Å²) >= 11 is 7.50. The maximum Gasteiger partial charge on any atom is 0.269 e. The third-order valence-electron chi connectivity index (χ3n) is 4.28. The number of carbonyl (C=O) groups is 3. The summed E-state index contributed by atoms with van der Waals surface area (Å²) in [6.45, 7) is -0.502. The molecular formula is C23H18ClF2N3O3S. The average Bonchev–Trinajstić information content (AvgIpc) is 2.80. The highest BCUT2D eigenvalue weighted by molar-refractivity contribution is 7.98. The standard InChI is InChI=1S/C23H18ClF2N3O3S/c24-17-5-7-20(8-6-17)33-13-14-1-3-15(4-2-14)23(32)29-28-21(30)12-27-22(31)16-9-18(25)11-19(26)10-16/h1-11H,12-13H2,(H,27,31)(H,28,30)(H,29,32). The van der Waals surface area contributed by atoms with Gasteiger partial charge in [-0.05, 0) is 54.1 Å². The smallest absolute Gasteiger partial charge is 0.269 e. The Labute approximate surface area is 197 Å². The summed E-state index contributed by atoms with van der Waals surface area (Å²) in [5, 5.41) is 2.88. The summed E-state index contributed by atoms with van der Waals surface area (Å²) < 4.78 is 26.3. The van der Waals surface area contributed by atoms with E-state index in [4.69, 9.17) is 11.6 Å². The molecular weight excluding hydrogens is 472 g/mol. The van der Waals surface area contributed by atoms with Crippen molar-refractivity contribution in [3.8, 4) is 0 Å². The third-order valence-corrected chi connectivity index (χ3v) is 5.62. The zero-order valence-corrected chi connectivity index (χ0v) is 18.6. The lowest BCUT2D eigenvalue weighted by Crippen LogP contribution is -2.46. The zero-order valence-electron chi connectivity index (χ0n) is 17.0. The SMILES string of the molecule is O=C(CNC(=O)c1cc(F)cc(F)c1)NNC(=O)c1ccc(CSc2ccc(Cl)cc2)cc1. The van der Waals surface area contributed by atoms with Gasteiger partial charge >= 0.3 is 0 Å². The molecule has 0 saturated heterocycles. The van der Waals surface area contributed by atoms with E-state index in [1.807, 2.05) is 24.3 Å². The lowest BCUT2D eigenvalue weighted by molar-refractivity contribution is -0.120. The monoisotopic (exact) mass is 489 g/mol. The van der Waals surface area contributed by atoms with Crippen molar-refractivity contribution in [2.45, 2.75) is 10.6 Å². The van der Waals surface area contributed by atoms with E-state index in [9.17, 15) is 23.2 Å². The van der Waals surface area contributed by atoms with Gasteiger partial charge in [0.15, 0.2) is 0 Å². The molecule has 0 saturated carbocycles. The van der Waals surface area contributed by atoms with Crippen molar-refractivity contribution >= 4 is 41.1 Å². The molecule has 3 N–H and O–H groups in total. The normalized spacial score (nSPS) is 10.4. The number of benzene rings is 3. The molecule has 0 unspecified atom stereocenters. The summed E-state index contributed by atoms with van der Waals surface area (Å²) in [4.78, 5) is 37.0. The van der Waals surface area contributed by atoms with Crippen LogP contribution in [0.5, 0.6) is 0 Å². The van der Waals surface area contributed by atoms with Crippen LogP contribution in [0.3, 0.4) is 0 Å². The van der Waals surface area contributed by atoms with Crippen molar-refractivity contribution in [2.24, 2.45) is 0 Å². The Morgan fingerprint density at radius 1 is 0.788 bits per heavy atom. The molecule has 6 nitrogen and oxygen atoms in total. The molecule has 33 heavy (non-hydrogen) atoms. The number of halogens is 3. The van der Waals surface area contributed by atoms with E-state index in [0.717, 1.165) is 22.6 Å². The lowest BCUT2D eigenvalue weighted by atomic mass is 10.1. The number of nitrogens with one attached hydrogen (secondary N) is 3. The fourth-order valence-corrected chi connectivity index (χ4v) is 3.62. The molecule has 0 heterocycles. The highest BCUT2D eigenvalue weighted by atomic mass is 35.5. The molecule has 0 aliphatic heterocycles. The first-order chi connectivity index (χ1) is 15.8. The van der Waals surface area contributed by atoms with Crippen LogP contribution in [0, 0.1) is 11.6 Å². The minimum Gasteiger partial charge on any atom is -0.343 e. The lowest BCUT2D eigenvalue weighted by Gasteiger charge is -2.09. The molecule has 0 aliphatic rings. The van der Waals surface area contributed by atoms with E-state index in [1.54, 1.807) is 36.0 Å². The number of amides is 3. The summed E-state index contributed by atoms with van der Waals surface area (Å²) in [7, 11) is 0. The van der Waals surface area contributed by atoms with Crippen molar-refractivity contribution in [3.05, 3.63) is 100 Å². The van der Waals surface area contributed by atoms with Gasteiger partial charge in [0, 0.05) is 32.9 Å². The Morgan fingerprint density at radius 2 is 1.42 bits per heavy atom. The molecule has 0 fully saturated rings. The van der Waals surface area contributed by atoms with Gasteiger partial charge < -0.3 is 5.32 Å². The topological polar surface area (TPSA) is 87.3 Å². The van der Waals surface area contributed by atoms with Gasteiger partial charge in [-0.3, -0.25) is 25.2 Å². The Balaban J connectivity index is 1.42. The molecule has 3 rings (SSSR count). The Bertz CT molecular complexity index is 1140. The molecule has 170 valence electrons. The van der Waals surface area contributed by atoms with Crippen molar-refractivity contribution in [1.82, 2.24) is 16.2 Å². The van der Waals surface area contributed by atoms with Gasteiger partial charge in [-0.15, -0.1) is 11.8 Å². The summed E-state index contributed by atoms with van der Waals surface area (Å²) in [5.41, 5.74) is 5.47. The molecule has 3 aromatic carbocycles. The van der Waals surface area contributed by atoms with Crippen LogP contribution >= 0.6 is 23.4 Å². The van der Waals surface area contributed by atoms with Gasteiger partial charge in [0.05, 0.1) is 6.54 Å². The highest BCUT2D eigenvalue weighted by Crippen LogP contribution is 2.24. The summed E-state index contributed by atoms with van der Waals surface area (Å²) in [5.74, 6) is -3.21. The first kappa shape index (κ1) is 24.2. The van der Waals surface area contributed by atoms with Crippen LogP contribution in [0.1, 0.15) is 26.3 Å². The molecule has 0 aromatic heterocycles. The van der Waals surface area contributed by atoms with Gasteiger partial charge in [0.25, 0.3) is 17.7 Å². The van der Waals surface area contributed by atoms with E-state index in [-0.39, 0.29) is 5.56 Å². The fraction of sp³-hybridized carbons (Fsp3) is 0.0870. The maximum atomic E-state index is 13.2. The second kappa shape index (κ2) is 11.4. The molecule has 0 radical (unpaired) electrons. The van der Waals surface area contributed by atoms with Crippen LogP contribution in [-0.4, -0.2) is 24.3 Å². The van der Waals surface area contributed by atoms with Crippen LogP contribution in [0.25, 0.3) is 0 Å². The molecule has 0 atom stereocenters. The molecule has 0 spiro atoms. The van der Waals surface area contributed by atoms with Gasteiger partial charge in [-0.25, -0.2) is 8.78 Å². The Hall–Kier alpha value is -3.43. The zero-order chi connectivity index (χ0) is 23.8. The number of hydrazine groups is 1. The predicted molar refractivity (Wildman–Crippen MR) is 122 cm³/mol. The van der Waals surface area contributed by atoms with E-state index in [0.29, 0.717) is 22.4 Å². The fourth-order valence-electron chi connectivity index (χ4n) is 2.64. The van der Waals surface area contributed by atoms with Gasteiger partial charge in [-0.2, -0.15) is 0 Å². The minimum absolute atomic E-state index is 0.265. The molecule has 0 bridgehead atoms. The van der Waals surface area contributed by atoms with Crippen LogP contribution in [0.2, 0.25) is 5.02 Å². The summed E-state index contributed by atoms with van der Waals surface area (Å²) in [6, 6.07) is 16.7. The number of hydrogen-bond donors (Lipinski definition) is 3. The first-order valence-corrected chi connectivity index (χ1v) is 11.0. The van der Waals surface area contributed by atoms with Gasteiger partial charge in [0.2, 0.25) is 0 Å². The number of rotatable bonds is 7. The average molecular weight is 490 g/mol. The Morgan fingerprint density at radius 3 is 2.06 bits per heavy atom. The Kier molecular flexibility index (Phi) is 8.39. The van der Waals surface area contributed by atoms with Crippen LogP contribution in [0.4, 0.5) is 8.78 Å². The van der Waals surface area contributed by atoms with E-state index in [1.165, 1.54) is 0 Å². The van der Waals surface area contributed by atoms with E-state index in [2.05, 4.69) is 16.2 Å². The quantitative estimate of drug-likeness (QED) is 0.344. The number of hydrogen-bond acceptors (Lipinski definition) is 4. The van der Waals surface area contributed by atoms with Crippen molar-refractivity contribution < 1.29 is 23.2 Å². The van der Waals surface area contributed by atoms with E-state index >= 15 is 0 Å². The maximum absolute atomic E-state index is 13.2. The first-order valence-electron chi connectivity index (χ1n) is 9.61. The van der Waals surface area contributed by atoms with Crippen molar-refractivity contribution in [3.63, 3.8) is 0 Å². The molecule has 10 heteroatoms. The van der Waals surface area contributed by atoms with Crippen molar-refractivity contribution in [1.29, 1.82) is 0 Å². The van der Waals surface area contributed by atoms with Crippen LogP contribution in [-0.2, 0) is 10.5 Å². The predicted octanol–water partition coefficient (Wildman–Crippen LogP) is 4.10. The number of carbonyl (C=O) groups excluding carboxylic acids is 3. The largest absolute Gasteiger partial charge is 0.343 e. The van der Waals surface area contributed by atoms with Gasteiger partial charge in [0.1, 0.15) is 11.6 Å². The van der Waals surface area contributed by atoms with Gasteiger partial charge in [-0.1, -0.05) is 23.7 Å². The molecule has 3 aromatic rings. The van der Waals surface area contributed by atoms with Crippen LogP contribution < -0.4 is 16.2 Å². The summed E-state index contributed by atoms with van der Waals surface area (Å²) in [6.07, 6.45) is 0. The minimum atomic E-state index is -0.911. The highest BCUT2D eigenvalue weighted by Gasteiger charge is 2.12. The van der Waals surface area contributed by atoms with E-state index < -0.39 is 35.9 Å². The second-order valence-electron chi connectivity index (χ2n) is 6.78. The second-order valence-corrected chi connectivity index (χ2v) is 8.27. The van der Waals surface area contributed by atoms with Crippen LogP contribution in [0.15, 0.2) is 71.6 Å². The number of thioether (sulfide) groups is 1. The molecule has 3 amide bonds. The third kappa shape index (κ3) is 7.58. The molecule has 0 aliphatic carbocycles. The van der Waals surface area contributed by atoms with Crippen molar-refractivity contribution in [2.75, 3.05) is 6.54 Å².